The lowest BCUT2D eigenvalue weighted by molar-refractivity contribution is -0.127. The van der Waals surface area contributed by atoms with Gasteiger partial charge in [0.2, 0.25) is 0 Å². The zero-order chi connectivity index (χ0) is 16.8. The Morgan fingerprint density at radius 2 is 2.12 bits per heavy atom. The number of hydrogen-bond acceptors (Lipinski definition) is 4. The van der Waals surface area contributed by atoms with Gasteiger partial charge in [-0.1, -0.05) is 18.2 Å². The van der Waals surface area contributed by atoms with Crippen LogP contribution in [-0.2, 0) is 11.3 Å². The summed E-state index contributed by atoms with van der Waals surface area (Å²) in [4.78, 5) is 12.0. The van der Waals surface area contributed by atoms with Crippen molar-refractivity contribution < 1.29 is 13.9 Å². The van der Waals surface area contributed by atoms with Crippen LogP contribution in [0.2, 0.25) is 0 Å². The van der Waals surface area contributed by atoms with Gasteiger partial charge in [-0.2, -0.15) is 5.10 Å². The number of furan rings is 1. The molecule has 0 bridgehead atoms. The van der Waals surface area contributed by atoms with Crippen molar-refractivity contribution in [2.75, 3.05) is 6.54 Å². The van der Waals surface area contributed by atoms with Crippen LogP contribution in [0.25, 0.3) is 11.3 Å². The van der Waals surface area contributed by atoms with Crippen LogP contribution >= 0.6 is 0 Å². The number of carbonyl (C=O) groups excluding carboxylic acids is 1. The Kier molecular flexibility index (Phi) is 4.96. The third kappa shape index (κ3) is 4.04. The number of para-hydroxylation sites is 1. The van der Waals surface area contributed by atoms with Crippen molar-refractivity contribution in [2.45, 2.75) is 19.6 Å². The summed E-state index contributed by atoms with van der Waals surface area (Å²) in [6.45, 7) is 2.77. The van der Waals surface area contributed by atoms with E-state index in [1.165, 1.54) is 0 Å². The van der Waals surface area contributed by atoms with Crippen molar-refractivity contribution >= 4 is 5.91 Å². The Morgan fingerprint density at radius 1 is 1.29 bits per heavy atom. The van der Waals surface area contributed by atoms with Gasteiger partial charge in [0.15, 0.2) is 6.10 Å². The Balaban J connectivity index is 1.45. The highest BCUT2D eigenvalue weighted by Crippen LogP contribution is 2.18. The summed E-state index contributed by atoms with van der Waals surface area (Å²) in [5.74, 6) is 1.29. The molecule has 3 rings (SSSR count). The third-order valence-electron chi connectivity index (χ3n) is 3.50. The van der Waals surface area contributed by atoms with E-state index in [2.05, 4.69) is 10.4 Å². The predicted octanol–water partition coefficient (Wildman–Crippen LogP) is 2.73. The van der Waals surface area contributed by atoms with Crippen molar-refractivity contribution in [3.8, 4) is 17.1 Å². The molecule has 1 amide bonds. The predicted molar refractivity (Wildman–Crippen MR) is 89.5 cm³/mol. The van der Waals surface area contributed by atoms with Crippen molar-refractivity contribution in [3.05, 3.63) is 61.1 Å². The van der Waals surface area contributed by atoms with E-state index in [4.69, 9.17) is 9.15 Å². The fourth-order valence-electron chi connectivity index (χ4n) is 2.25. The molecule has 1 N–H and O–H groups in total. The maximum atomic E-state index is 12.0. The molecular weight excluding hydrogens is 306 g/mol. The van der Waals surface area contributed by atoms with Gasteiger partial charge >= 0.3 is 0 Å². The van der Waals surface area contributed by atoms with Crippen LogP contribution in [0.4, 0.5) is 0 Å². The number of carbonyl (C=O) groups is 1. The number of nitrogens with one attached hydrogen (secondary N) is 1. The molecule has 24 heavy (non-hydrogen) atoms. The molecule has 0 aliphatic carbocycles. The molecule has 1 atom stereocenters. The molecule has 0 aliphatic heterocycles. The largest absolute Gasteiger partial charge is 0.481 e. The quantitative estimate of drug-likeness (QED) is 0.725. The van der Waals surface area contributed by atoms with E-state index in [0.717, 1.165) is 11.3 Å². The summed E-state index contributed by atoms with van der Waals surface area (Å²) in [6.07, 6.45) is 4.70. The zero-order valence-corrected chi connectivity index (χ0v) is 13.4. The molecule has 1 aromatic carbocycles. The summed E-state index contributed by atoms with van der Waals surface area (Å²) in [5, 5.41) is 7.10. The first-order valence-electron chi connectivity index (χ1n) is 7.78. The smallest absolute Gasteiger partial charge is 0.260 e. The van der Waals surface area contributed by atoms with Crippen LogP contribution in [0.1, 0.15) is 6.92 Å². The fraction of sp³-hybridized carbons (Fsp3) is 0.222. The molecule has 1 unspecified atom stereocenters. The maximum absolute atomic E-state index is 12.0. The molecule has 2 heterocycles. The van der Waals surface area contributed by atoms with E-state index >= 15 is 0 Å². The Bertz CT molecular complexity index is 766. The average molecular weight is 325 g/mol. The average Bonchev–Trinajstić information content (AvgIpc) is 3.27. The van der Waals surface area contributed by atoms with Gasteiger partial charge in [0, 0.05) is 12.7 Å². The second-order valence-electron chi connectivity index (χ2n) is 5.33. The molecule has 0 spiro atoms. The molecule has 0 saturated heterocycles. The van der Waals surface area contributed by atoms with Crippen molar-refractivity contribution in [1.29, 1.82) is 0 Å². The standard InChI is InChI=1S/C18H19N3O3/c1-14(24-16-6-3-2-4-7-16)18(22)19-9-10-21-13-15(12-20-21)17-8-5-11-23-17/h2-8,11-14H,9-10H2,1H3,(H,19,22). The molecule has 0 fully saturated rings. The fourth-order valence-corrected chi connectivity index (χ4v) is 2.25. The van der Waals surface area contributed by atoms with Crippen LogP contribution in [-0.4, -0.2) is 28.3 Å². The van der Waals surface area contributed by atoms with Gasteiger partial charge in [0.05, 0.1) is 24.6 Å². The molecule has 2 aromatic heterocycles. The first-order valence-corrected chi connectivity index (χ1v) is 7.78. The van der Waals surface area contributed by atoms with Gasteiger partial charge in [-0.25, -0.2) is 0 Å². The molecule has 0 radical (unpaired) electrons. The van der Waals surface area contributed by atoms with Crippen molar-refractivity contribution in [2.24, 2.45) is 0 Å². The van der Waals surface area contributed by atoms with Crippen molar-refractivity contribution in [3.63, 3.8) is 0 Å². The van der Waals surface area contributed by atoms with E-state index in [1.807, 2.05) is 48.7 Å². The Morgan fingerprint density at radius 3 is 2.88 bits per heavy atom. The highest BCUT2D eigenvalue weighted by Gasteiger charge is 2.14. The minimum Gasteiger partial charge on any atom is -0.481 e. The number of rotatable bonds is 7. The number of benzene rings is 1. The van der Waals surface area contributed by atoms with E-state index in [9.17, 15) is 4.79 Å². The topological polar surface area (TPSA) is 69.3 Å². The number of hydrogen-bond donors (Lipinski definition) is 1. The lowest BCUT2D eigenvalue weighted by atomic mass is 10.3. The van der Waals surface area contributed by atoms with Crippen LogP contribution < -0.4 is 10.1 Å². The van der Waals surface area contributed by atoms with E-state index in [1.54, 1.807) is 24.1 Å². The van der Waals surface area contributed by atoms with Crippen LogP contribution in [0, 0.1) is 0 Å². The van der Waals surface area contributed by atoms with Gasteiger partial charge in [-0.15, -0.1) is 0 Å². The second-order valence-corrected chi connectivity index (χ2v) is 5.33. The van der Waals surface area contributed by atoms with Crippen LogP contribution in [0.15, 0.2) is 65.5 Å². The number of aromatic nitrogens is 2. The van der Waals surface area contributed by atoms with Crippen molar-refractivity contribution in [1.82, 2.24) is 15.1 Å². The molecular formula is C18H19N3O3. The van der Waals surface area contributed by atoms with Gasteiger partial charge in [-0.3, -0.25) is 9.48 Å². The summed E-state index contributed by atoms with van der Waals surface area (Å²) >= 11 is 0. The summed E-state index contributed by atoms with van der Waals surface area (Å²) in [7, 11) is 0. The lowest BCUT2D eigenvalue weighted by Gasteiger charge is -2.14. The molecule has 0 aliphatic rings. The second kappa shape index (κ2) is 7.50. The summed E-state index contributed by atoms with van der Waals surface area (Å²) < 4.78 is 12.7. The molecule has 3 aromatic rings. The van der Waals surface area contributed by atoms with Gasteiger partial charge in [0.25, 0.3) is 5.91 Å². The lowest BCUT2D eigenvalue weighted by Crippen LogP contribution is -2.37. The minimum absolute atomic E-state index is 0.155. The highest BCUT2D eigenvalue weighted by atomic mass is 16.5. The van der Waals surface area contributed by atoms with Gasteiger partial charge in [0.1, 0.15) is 11.5 Å². The molecule has 6 nitrogen and oxygen atoms in total. The van der Waals surface area contributed by atoms with Crippen LogP contribution in [0.3, 0.4) is 0 Å². The molecule has 6 heteroatoms. The minimum atomic E-state index is -0.552. The van der Waals surface area contributed by atoms with E-state index < -0.39 is 6.10 Å². The van der Waals surface area contributed by atoms with E-state index in [-0.39, 0.29) is 5.91 Å². The molecule has 124 valence electrons. The maximum Gasteiger partial charge on any atom is 0.260 e. The summed E-state index contributed by atoms with van der Waals surface area (Å²) in [6, 6.07) is 13.0. The third-order valence-corrected chi connectivity index (χ3v) is 3.50. The normalized spacial score (nSPS) is 11.9. The van der Waals surface area contributed by atoms with E-state index in [0.29, 0.717) is 18.8 Å². The SMILES string of the molecule is CC(Oc1ccccc1)C(=O)NCCn1cc(-c2ccco2)cn1. The van der Waals surface area contributed by atoms with Crippen LogP contribution in [0.5, 0.6) is 5.75 Å². The number of nitrogens with zero attached hydrogens (tertiary/aromatic N) is 2. The number of amides is 1. The Labute approximate surface area is 140 Å². The first kappa shape index (κ1) is 15.9. The monoisotopic (exact) mass is 325 g/mol. The highest BCUT2D eigenvalue weighted by molar-refractivity contribution is 5.80. The zero-order valence-electron chi connectivity index (χ0n) is 13.4. The summed E-state index contributed by atoms with van der Waals surface area (Å²) in [5.41, 5.74) is 0.909. The number of ether oxygens (including phenoxy) is 1. The van der Waals surface area contributed by atoms with Gasteiger partial charge < -0.3 is 14.5 Å². The van der Waals surface area contributed by atoms with Gasteiger partial charge in [-0.05, 0) is 31.2 Å². The first-order chi connectivity index (χ1) is 11.7. The Hall–Kier alpha value is -3.02. The molecule has 0 saturated carbocycles.